The van der Waals surface area contributed by atoms with Crippen LogP contribution in [0.4, 0.5) is 25.2 Å². The molecule has 0 heterocycles. The van der Waals surface area contributed by atoms with Crippen LogP contribution >= 0.6 is 7.81 Å². The van der Waals surface area contributed by atoms with Gasteiger partial charge in [-0.2, -0.15) is 0 Å². The van der Waals surface area contributed by atoms with Gasteiger partial charge in [0.25, 0.3) is 0 Å². The molecule has 0 radical (unpaired) electrons. The second-order valence-corrected chi connectivity index (χ2v) is 2.87. The first-order chi connectivity index (χ1) is 2.45. The van der Waals surface area contributed by atoms with Crippen LogP contribution in [0.1, 0.15) is 0 Å². The van der Waals surface area contributed by atoms with E-state index in [0.717, 1.165) is 0 Å². The molecule has 0 saturated carbocycles. The van der Waals surface area contributed by atoms with Gasteiger partial charge in [-0.3, -0.25) is 0 Å². The van der Waals surface area contributed by atoms with Gasteiger partial charge in [0, 0.05) is 16.5 Å². The van der Waals surface area contributed by atoms with Crippen LogP contribution in [0.5, 0.6) is 0 Å². The quantitative estimate of drug-likeness (QED) is 0.378. The van der Waals surface area contributed by atoms with Crippen LogP contribution < -0.4 is 6.15 Å². The van der Waals surface area contributed by atoms with Gasteiger partial charge < -0.3 is 6.15 Å². The Morgan fingerprint density at radius 1 is 0.667 bits per heavy atom. The molecule has 1 nitrogen and oxygen atoms in total. The van der Waals surface area contributed by atoms with E-state index in [0.29, 0.717) is 0 Å². The molecule has 66 valence electrons. The van der Waals surface area contributed by atoms with Crippen molar-refractivity contribution in [3.8, 4) is 0 Å². The van der Waals surface area contributed by atoms with E-state index >= 15 is 0 Å². The molecule has 0 aliphatic rings. The van der Waals surface area contributed by atoms with Gasteiger partial charge in [-0.05, 0) is 0 Å². The molecular weight excluding hydrogens is 218 g/mol. The van der Waals surface area contributed by atoms with Crippen molar-refractivity contribution in [2.45, 2.75) is 0 Å². The average molecular weight is 221 g/mol. The smallest absolute Gasteiger partial charge is 0 e. The van der Waals surface area contributed by atoms with Crippen LogP contribution in [0.25, 0.3) is 0 Å². The maximum atomic E-state index is 9.87. The van der Waals surface area contributed by atoms with E-state index in [4.69, 9.17) is 0 Å². The Hall–Kier alpha value is 0.464. The van der Waals surface area contributed by atoms with Gasteiger partial charge in [0.05, 0.1) is 0 Å². The zero-order valence-electron chi connectivity index (χ0n) is 3.74. The molecule has 0 saturated heterocycles. The standard InChI is InChI=1S/F6P.H3N.Ni/c1-7(2,3,4,5)6;;/h;1H3;/q-1;;. The molecule has 0 atom stereocenters. The molecule has 0 fully saturated rings. The van der Waals surface area contributed by atoms with Crippen LogP contribution in [0, 0.1) is 0 Å². The van der Waals surface area contributed by atoms with Gasteiger partial charge in [0.1, 0.15) is 0 Å². The van der Waals surface area contributed by atoms with Gasteiger partial charge in [-0.1, -0.05) is 0 Å². The Morgan fingerprint density at radius 3 is 0.667 bits per heavy atom. The molecule has 0 amide bonds. The fourth-order valence-corrected chi connectivity index (χ4v) is 0. The SMILES string of the molecule is F[P-](F)(F)(F)(F)F.N.[Ni]. The van der Waals surface area contributed by atoms with Crippen molar-refractivity contribution in [3.05, 3.63) is 0 Å². The number of hydrogen-bond donors (Lipinski definition) is 1. The Labute approximate surface area is 56.5 Å². The van der Waals surface area contributed by atoms with Crippen molar-refractivity contribution in [1.82, 2.24) is 6.15 Å². The fourth-order valence-electron chi connectivity index (χ4n) is 0. The summed E-state index contributed by atoms with van der Waals surface area (Å²) in [6, 6.07) is 0. The van der Waals surface area contributed by atoms with Crippen LogP contribution in [0.3, 0.4) is 0 Å². The predicted molar refractivity (Wildman–Crippen MR) is 18.6 cm³/mol. The van der Waals surface area contributed by atoms with E-state index in [1.54, 1.807) is 0 Å². The summed E-state index contributed by atoms with van der Waals surface area (Å²) in [5.74, 6) is 0. The zero-order valence-corrected chi connectivity index (χ0v) is 5.62. The van der Waals surface area contributed by atoms with Crippen molar-refractivity contribution >= 4 is 7.81 Å². The third kappa shape index (κ3) is 1650. The number of hydrogen-bond acceptors (Lipinski definition) is 1. The Morgan fingerprint density at radius 2 is 0.667 bits per heavy atom. The topological polar surface area (TPSA) is 35.0 Å². The molecule has 0 aromatic rings. The van der Waals surface area contributed by atoms with Crippen molar-refractivity contribution in [2.24, 2.45) is 0 Å². The predicted octanol–water partition coefficient (Wildman–Crippen LogP) is 3.54. The van der Waals surface area contributed by atoms with E-state index < -0.39 is 7.81 Å². The van der Waals surface area contributed by atoms with Crippen LogP contribution in [0.2, 0.25) is 0 Å². The van der Waals surface area contributed by atoms with Gasteiger partial charge in [0.2, 0.25) is 0 Å². The third-order valence-electron chi connectivity index (χ3n) is 0. The van der Waals surface area contributed by atoms with Gasteiger partial charge in [0.15, 0.2) is 0 Å². The van der Waals surface area contributed by atoms with Crippen LogP contribution in [-0.4, -0.2) is 0 Å². The largest absolute Gasteiger partial charge is 0.344 e. The summed E-state index contributed by atoms with van der Waals surface area (Å²) in [5, 5.41) is 0. The minimum atomic E-state index is -10.7. The first kappa shape index (κ1) is 16.2. The summed E-state index contributed by atoms with van der Waals surface area (Å²) in [6.45, 7) is 0. The summed E-state index contributed by atoms with van der Waals surface area (Å²) >= 11 is 0. The molecule has 0 unspecified atom stereocenters. The summed E-state index contributed by atoms with van der Waals surface area (Å²) in [7, 11) is -10.7. The Balaban J connectivity index is -0.000000180. The van der Waals surface area contributed by atoms with Gasteiger partial charge in [-0.25, -0.2) is 0 Å². The van der Waals surface area contributed by atoms with Crippen molar-refractivity contribution < 1.29 is 41.7 Å². The monoisotopic (exact) mass is 220 g/mol. The molecule has 0 aliphatic carbocycles. The van der Waals surface area contributed by atoms with E-state index in [9.17, 15) is 25.2 Å². The second-order valence-electron chi connectivity index (χ2n) is 0.958. The number of rotatable bonds is 0. The summed E-state index contributed by atoms with van der Waals surface area (Å²) in [5.41, 5.74) is 0. The summed E-state index contributed by atoms with van der Waals surface area (Å²) in [6.07, 6.45) is 0. The molecule has 0 aromatic heterocycles. The first-order valence-electron chi connectivity index (χ1n) is 1.01. The second kappa shape index (κ2) is 1.97. The molecule has 9 heteroatoms. The molecule has 0 rings (SSSR count). The van der Waals surface area contributed by atoms with E-state index in [-0.39, 0.29) is 22.6 Å². The molecule has 0 spiro atoms. The molecule has 9 heavy (non-hydrogen) atoms. The van der Waals surface area contributed by atoms with E-state index in [2.05, 4.69) is 0 Å². The van der Waals surface area contributed by atoms with Gasteiger partial charge >= 0.3 is 33.0 Å². The minimum Gasteiger partial charge on any atom is -0.344 e. The third-order valence-corrected chi connectivity index (χ3v) is 0. The van der Waals surface area contributed by atoms with Crippen LogP contribution in [0.15, 0.2) is 0 Å². The first-order valence-corrected chi connectivity index (χ1v) is 3.04. The van der Waals surface area contributed by atoms with E-state index in [1.807, 2.05) is 0 Å². The maximum Gasteiger partial charge on any atom is 0 e. The van der Waals surface area contributed by atoms with E-state index in [1.165, 1.54) is 0 Å². The molecule has 0 bridgehead atoms. The Bertz CT molecular complexity index is 71.6. The van der Waals surface area contributed by atoms with Crippen LogP contribution in [-0.2, 0) is 16.5 Å². The normalized spacial score (nSPS) is 18.0. The van der Waals surface area contributed by atoms with Gasteiger partial charge in [-0.15, -0.1) is 0 Å². The molecule has 3 N–H and O–H groups in total. The summed E-state index contributed by atoms with van der Waals surface area (Å²) < 4.78 is 59.2. The Kier molecular flexibility index (Phi) is 3.55. The maximum absolute atomic E-state index is 10.7. The van der Waals surface area contributed by atoms with Crippen molar-refractivity contribution in [3.63, 3.8) is 0 Å². The molecular formula is H3F6NNiP-. The zero-order chi connectivity index (χ0) is 6.41. The summed E-state index contributed by atoms with van der Waals surface area (Å²) in [4.78, 5) is 0. The van der Waals surface area contributed by atoms with Crippen molar-refractivity contribution in [2.75, 3.05) is 0 Å². The van der Waals surface area contributed by atoms with Crippen molar-refractivity contribution in [1.29, 1.82) is 0 Å². The number of halogens is 6. The molecule has 0 aromatic carbocycles. The fraction of sp³-hybridized carbons (Fsp3) is 0. The molecule has 0 aliphatic heterocycles. The average Bonchev–Trinajstić information content (AvgIpc) is 0.592. The minimum absolute atomic E-state index is 0.